The van der Waals surface area contributed by atoms with Crippen LogP contribution < -0.4 is 10.6 Å². The van der Waals surface area contributed by atoms with Crippen LogP contribution in [-0.4, -0.2) is 39.6 Å². The molecule has 2 aliphatic heterocycles. The summed E-state index contributed by atoms with van der Waals surface area (Å²) in [7, 11) is 0. The quantitative estimate of drug-likeness (QED) is 0.447. The maximum Gasteiger partial charge on any atom is 0.320 e. The summed E-state index contributed by atoms with van der Waals surface area (Å²) in [5.74, 6) is -1.05. The highest BCUT2D eigenvalue weighted by Gasteiger charge is 2.32. The van der Waals surface area contributed by atoms with Crippen molar-refractivity contribution >= 4 is 40.1 Å². The van der Waals surface area contributed by atoms with Gasteiger partial charge >= 0.3 is 5.97 Å². The number of benzene rings is 2. The lowest BCUT2D eigenvalue weighted by Gasteiger charge is -2.15. The molecular formula is C22H21FN2O5S. The minimum atomic E-state index is -1.06. The molecule has 4 rings (SSSR count). The predicted octanol–water partition coefficient (Wildman–Crippen LogP) is 2.49. The van der Waals surface area contributed by atoms with Gasteiger partial charge in [-0.15, -0.1) is 0 Å². The van der Waals surface area contributed by atoms with Crippen LogP contribution in [0, 0.1) is 5.82 Å². The van der Waals surface area contributed by atoms with Crippen molar-refractivity contribution < 1.29 is 28.4 Å². The zero-order valence-corrected chi connectivity index (χ0v) is 17.6. The van der Waals surface area contributed by atoms with Crippen molar-refractivity contribution in [1.82, 2.24) is 5.32 Å². The Hall–Kier alpha value is -2.88. The van der Waals surface area contributed by atoms with Crippen molar-refractivity contribution in [3.05, 3.63) is 64.5 Å². The first-order valence-electron chi connectivity index (χ1n) is 9.70. The summed E-state index contributed by atoms with van der Waals surface area (Å²) in [6.07, 6.45) is 1.82. The molecule has 9 heteroatoms. The smallest absolute Gasteiger partial charge is 0.320 e. The van der Waals surface area contributed by atoms with Crippen LogP contribution in [0.3, 0.4) is 0 Å². The van der Waals surface area contributed by atoms with E-state index >= 15 is 0 Å². The Morgan fingerprint density at radius 1 is 1.32 bits per heavy atom. The molecule has 1 amide bonds. The van der Waals surface area contributed by atoms with E-state index in [1.807, 2.05) is 18.2 Å². The second-order valence-corrected chi connectivity index (χ2v) is 9.02. The Bertz CT molecular complexity index is 1090. The van der Waals surface area contributed by atoms with Gasteiger partial charge in [0.2, 0.25) is 0 Å². The van der Waals surface area contributed by atoms with Crippen LogP contribution in [0.4, 0.5) is 10.1 Å². The lowest BCUT2D eigenvalue weighted by Crippen LogP contribution is -2.37. The number of carboxylic acid groups (broad SMARTS) is 1. The number of hydrogen-bond donors (Lipinski definition) is 3. The molecule has 7 nitrogen and oxygen atoms in total. The van der Waals surface area contributed by atoms with E-state index in [9.17, 15) is 23.6 Å². The highest BCUT2D eigenvalue weighted by Crippen LogP contribution is 2.41. The van der Waals surface area contributed by atoms with Crippen molar-refractivity contribution in [2.24, 2.45) is 0 Å². The van der Waals surface area contributed by atoms with E-state index in [-0.39, 0.29) is 18.9 Å². The van der Waals surface area contributed by atoms with Crippen LogP contribution >= 0.6 is 0 Å². The number of halogens is 1. The first kappa shape index (κ1) is 21.4. The van der Waals surface area contributed by atoms with Gasteiger partial charge in [-0.05, 0) is 23.8 Å². The molecule has 0 saturated carbocycles. The molecule has 2 aromatic rings. The average Bonchev–Trinajstić information content (AvgIpc) is 3.26. The molecule has 162 valence electrons. The summed E-state index contributed by atoms with van der Waals surface area (Å²) < 4.78 is 30.8. The van der Waals surface area contributed by atoms with E-state index in [0.29, 0.717) is 34.9 Å². The molecule has 2 aliphatic rings. The molecular weight excluding hydrogens is 423 g/mol. The molecule has 0 fully saturated rings. The third kappa shape index (κ3) is 4.43. The number of fused-ring (bicyclic) bond motifs is 2. The summed E-state index contributed by atoms with van der Waals surface area (Å²) in [5.41, 5.74) is 3.79. The van der Waals surface area contributed by atoms with E-state index in [1.165, 1.54) is 18.2 Å². The predicted molar refractivity (Wildman–Crippen MR) is 115 cm³/mol. The van der Waals surface area contributed by atoms with Gasteiger partial charge in [0.25, 0.3) is 5.91 Å². The third-order valence-electron chi connectivity index (χ3n) is 5.28. The van der Waals surface area contributed by atoms with Gasteiger partial charge in [-0.25, -0.2) is 4.39 Å². The summed E-state index contributed by atoms with van der Waals surface area (Å²) in [4.78, 5) is 23.9. The molecule has 0 spiro atoms. The van der Waals surface area contributed by atoms with Crippen LogP contribution in [0.15, 0.2) is 36.4 Å². The van der Waals surface area contributed by atoms with Crippen molar-refractivity contribution in [2.75, 3.05) is 17.3 Å². The monoisotopic (exact) mass is 444 g/mol. The van der Waals surface area contributed by atoms with Crippen LogP contribution in [0.25, 0.3) is 11.3 Å². The van der Waals surface area contributed by atoms with Crippen molar-refractivity contribution in [3.8, 4) is 0 Å². The Kier molecular flexibility index (Phi) is 5.99. The van der Waals surface area contributed by atoms with Gasteiger partial charge in [0.05, 0.1) is 11.8 Å². The number of nitrogens with one attached hydrogen (secondary N) is 2. The summed E-state index contributed by atoms with van der Waals surface area (Å²) in [6, 6.07) is 8.88. The van der Waals surface area contributed by atoms with Crippen molar-refractivity contribution in [2.45, 2.75) is 25.6 Å². The number of ether oxygens (including phenoxy) is 1. The topological polar surface area (TPSA) is 111 Å². The fourth-order valence-electron chi connectivity index (χ4n) is 3.74. The lowest BCUT2D eigenvalue weighted by molar-refractivity contribution is -0.139. The number of anilines is 1. The number of carbonyl (C=O) groups is 2. The largest absolute Gasteiger partial charge is 0.617 e. The number of rotatable bonds is 7. The minimum Gasteiger partial charge on any atom is -0.617 e. The second kappa shape index (κ2) is 8.70. The second-order valence-electron chi connectivity index (χ2n) is 7.47. The maximum atomic E-state index is 13.7. The first-order chi connectivity index (χ1) is 14.8. The van der Waals surface area contributed by atoms with Gasteiger partial charge in [-0.2, -0.15) is 0 Å². The molecule has 2 unspecified atom stereocenters. The number of carboxylic acids is 1. The van der Waals surface area contributed by atoms with Crippen LogP contribution in [0.2, 0.25) is 0 Å². The number of amides is 1. The summed E-state index contributed by atoms with van der Waals surface area (Å²) in [6.45, 7) is 0.581. The summed E-state index contributed by atoms with van der Waals surface area (Å²) in [5, 5.41) is 15.1. The fourth-order valence-corrected chi connectivity index (χ4v) is 4.30. The Labute approximate surface area is 181 Å². The van der Waals surface area contributed by atoms with E-state index in [0.717, 1.165) is 16.7 Å². The number of carbonyl (C=O) groups excluding carboxylic acids is 1. The van der Waals surface area contributed by atoms with Crippen LogP contribution in [-0.2, 0) is 38.7 Å². The average molecular weight is 444 g/mol. The lowest BCUT2D eigenvalue weighted by atomic mass is 9.99. The van der Waals surface area contributed by atoms with Gasteiger partial charge in [-0.3, -0.25) is 9.59 Å². The molecule has 3 N–H and O–H groups in total. The van der Waals surface area contributed by atoms with Crippen molar-refractivity contribution in [1.29, 1.82) is 0 Å². The van der Waals surface area contributed by atoms with Crippen LogP contribution in [0.1, 0.15) is 28.7 Å². The molecule has 2 heterocycles. The molecule has 2 aromatic carbocycles. The molecule has 0 radical (unpaired) electrons. The Balaban J connectivity index is 1.55. The zero-order chi connectivity index (χ0) is 22.1. The van der Waals surface area contributed by atoms with Crippen molar-refractivity contribution in [3.63, 3.8) is 0 Å². The molecule has 0 bridgehead atoms. The molecule has 0 aliphatic carbocycles. The van der Waals surface area contributed by atoms with E-state index < -0.39 is 29.0 Å². The zero-order valence-electron chi connectivity index (χ0n) is 16.7. The van der Waals surface area contributed by atoms with E-state index in [1.54, 1.807) is 6.26 Å². The molecule has 0 saturated heterocycles. The Morgan fingerprint density at radius 3 is 2.87 bits per heavy atom. The highest BCUT2D eigenvalue weighted by molar-refractivity contribution is 7.90. The van der Waals surface area contributed by atoms with Gasteiger partial charge < -0.3 is 25.0 Å². The Morgan fingerprint density at radius 2 is 2.13 bits per heavy atom. The van der Waals surface area contributed by atoms with E-state index in [2.05, 4.69) is 10.6 Å². The molecule has 2 atom stereocenters. The molecule has 31 heavy (non-hydrogen) atoms. The van der Waals surface area contributed by atoms with Gasteiger partial charge in [0, 0.05) is 35.3 Å². The van der Waals surface area contributed by atoms with Gasteiger partial charge in [-0.1, -0.05) is 29.4 Å². The minimum absolute atomic E-state index is 0.261. The standard InChI is InChI=1S/C22H21FN2O5S/c1-31(29)7-6-18(22(27)28)24-10-12-2-4-15-13(8-12)11-30-20(15)19-16-9-14(23)3-5-17(16)25-21(19)26/h2-5,8-9,18,24H,6-7,10-11H2,1H3,(H,25,26)(H,27,28)/b20-19+. The normalized spacial score (nSPS) is 18.7. The van der Waals surface area contributed by atoms with Crippen LogP contribution in [0.5, 0.6) is 0 Å². The van der Waals surface area contributed by atoms with Gasteiger partial charge in [0.15, 0.2) is 0 Å². The van der Waals surface area contributed by atoms with Gasteiger partial charge in [0.1, 0.15) is 30.0 Å². The number of aliphatic carboxylic acids is 1. The fraction of sp³-hybridized carbons (Fsp3) is 0.273. The SMILES string of the molecule is C[S+]([O-])CCC(NCc1ccc2c(c1)CO/C2=C1/C(=O)Nc2ccc(F)cc21)C(=O)O. The summed E-state index contributed by atoms with van der Waals surface area (Å²) >= 11 is -1.06. The maximum absolute atomic E-state index is 13.7. The molecule has 0 aromatic heterocycles. The third-order valence-corrected chi connectivity index (χ3v) is 6.09. The highest BCUT2D eigenvalue weighted by atomic mass is 32.2. The van der Waals surface area contributed by atoms with E-state index in [4.69, 9.17) is 4.74 Å². The first-order valence-corrected chi connectivity index (χ1v) is 11.4. The number of hydrogen-bond acceptors (Lipinski definition) is 5.